The van der Waals surface area contributed by atoms with Crippen molar-refractivity contribution in [3.05, 3.63) is 0 Å². The second kappa shape index (κ2) is 8.43. The molecule has 1 unspecified atom stereocenters. The standard InChI is InChI=1S/C10H18N4O4/c1-11-9(14-18-7-15)4-10(16)13-8-5-12-2-3-17-6-8/h7-8,12H,2-6H2,1H3,(H,11,14)(H,13,16). The number of ether oxygens (including phenoxy) is 1. The second-order valence-corrected chi connectivity index (χ2v) is 3.71. The van der Waals surface area contributed by atoms with Crippen LogP contribution >= 0.6 is 0 Å². The van der Waals surface area contributed by atoms with Gasteiger partial charge in [-0.3, -0.25) is 14.6 Å². The molecule has 1 amide bonds. The highest BCUT2D eigenvalue weighted by Crippen LogP contribution is 1.92. The summed E-state index contributed by atoms with van der Waals surface area (Å²) >= 11 is 0. The van der Waals surface area contributed by atoms with Gasteiger partial charge in [0.2, 0.25) is 5.91 Å². The summed E-state index contributed by atoms with van der Waals surface area (Å²) in [6.45, 7) is 2.80. The number of amides is 1. The van der Waals surface area contributed by atoms with Gasteiger partial charge in [-0.05, 0) is 0 Å². The highest BCUT2D eigenvalue weighted by molar-refractivity contribution is 5.99. The number of hydroxylamine groups is 1. The number of nitrogens with one attached hydrogen (secondary N) is 3. The van der Waals surface area contributed by atoms with Crippen LogP contribution in [0.4, 0.5) is 0 Å². The fraction of sp³-hybridized carbons (Fsp3) is 0.700. The molecule has 0 aromatic rings. The lowest BCUT2D eigenvalue weighted by molar-refractivity contribution is -0.132. The van der Waals surface area contributed by atoms with Gasteiger partial charge in [0.1, 0.15) is 5.84 Å². The molecule has 102 valence electrons. The van der Waals surface area contributed by atoms with Crippen LogP contribution in [-0.2, 0) is 19.2 Å². The Labute approximate surface area is 105 Å². The molecule has 3 N–H and O–H groups in total. The Hall–Kier alpha value is -1.67. The molecule has 8 heteroatoms. The van der Waals surface area contributed by atoms with Gasteiger partial charge in [0.15, 0.2) is 0 Å². The first-order valence-corrected chi connectivity index (χ1v) is 5.65. The zero-order chi connectivity index (χ0) is 13.2. The van der Waals surface area contributed by atoms with Gasteiger partial charge in [-0.1, -0.05) is 0 Å². The summed E-state index contributed by atoms with van der Waals surface area (Å²) in [5.41, 5.74) is 2.27. The molecule has 1 atom stereocenters. The average Bonchev–Trinajstić information content (AvgIpc) is 2.63. The molecule has 0 aromatic carbocycles. The van der Waals surface area contributed by atoms with Crippen LogP contribution in [0.15, 0.2) is 4.99 Å². The summed E-state index contributed by atoms with van der Waals surface area (Å²) in [7, 11) is 1.50. The Balaban J connectivity index is 2.32. The van der Waals surface area contributed by atoms with Crippen LogP contribution in [-0.4, -0.2) is 57.6 Å². The second-order valence-electron chi connectivity index (χ2n) is 3.71. The Morgan fingerprint density at radius 3 is 3.22 bits per heavy atom. The van der Waals surface area contributed by atoms with E-state index >= 15 is 0 Å². The van der Waals surface area contributed by atoms with E-state index in [1.165, 1.54) is 7.05 Å². The number of carbonyl (C=O) groups excluding carboxylic acids is 2. The third-order valence-corrected chi connectivity index (χ3v) is 2.32. The van der Waals surface area contributed by atoms with Crippen LogP contribution in [0.3, 0.4) is 0 Å². The van der Waals surface area contributed by atoms with Crippen LogP contribution in [0, 0.1) is 0 Å². The summed E-state index contributed by atoms with van der Waals surface area (Å²) in [4.78, 5) is 29.8. The van der Waals surface area contributed by atoms with Gasteiger partial charge >= 0.3 is 6.47 Å². The lowest BCUT2D eigenvalue weighted by Gasteiger charge is -2.16. The number of carbonyl (C=O) groups is 2. The molecule has 1 aliphatic heterocycles. The van der Waals surface area contributed by atoms with Crippen LogP contribution in [0.5, 0.6) is 0 Å². The van der Waals surface area contributed by atoms with Gasteiger partial charge in [0.05, 0.1) is 25.7 Å². The predicted molar refractivity (Wildman–Crippen MR) is 63.9 cm³/mol. The van der Waals surface area contributed by atoms with Gasteiger partial charge in [0, 0.05) is 20.1 Å². The van der Waals surface area contributed by atoms with E-state index in [1.807, 2.05) is 0 Å². The van der Waals surface area contributed by atoms with Crippen molar-refractivity contribution in [2.75, 3.05) is 33.4 Å². The molecule has 0 bridgehead atoms. The third-order valence-electron chi connectivity index (χ3n) is 2.32. The molecule has 0 aromatic heterocycles. The van der Waals surface area contributed by atoms with E-state index in [0.717, 1.165) is 6.54 Å². The molecule has 18 heavy (non-hydrogen) atoms. The summed E-state index contributed by atoms with van der Waals surface area (Å²) in [6, 6.07) is -0.0647. The summed E-state index contributed by atoms with van der Waals surface area (Å²) in [5.74, 6) is 0.0667. The maximum atomic E-state index is 11.7. The zero-order valence-electron chi connectivity index (χ0n) is 10.3. The number of nitrogens with zero attached hydrogens (tertiary/aromatic N) is 1. The number of aliphatic imine (C=N–C) groups is 1. The normalized spacial score (nSPS) is 20.7. The Morgan fingerprint density at radius 2 is 2.50 bits per heavy atom. The van der Waals surface area contributed by atoms with Crippen LogP contribution in [0.2, 0.25) is 0 Å². The number of rotatable bonds is 5. The van der Waals surface area contributed by atoms with E-state index in [4.69, 9.17) is 4.74 Å². The molecule has 0 aliphatic carbocycles. The lowest BCUT2D eigenvalue weighted by Crippen LogP contribution is -2.44. The topological polar surface area (TPSA) is 101 Å². The fourth-order valence-electron chi connectivity index (χ4n) is 1.48. The first kappa shape index (κ1) is 14.4. The Kier molecular flexibility index (Phi) is 6.74. The van der Waals surface area contributed by atoms with Crippen molar-refractivity contribution in [3.63, 3.8) is 0 Å². The van der Waals surface area contributed by atoms with Crippen LogP contribution < -0.4 is 16.1 Å². The van der Waals surface area contributed by atoms with E-state index in [-0.39, 0.29) is 30.7 Å². The van der Waals surface area contributed by atoms with Gasteiger partial charge in [0.25, 0.3) is 0 Å². The van der Waals surface area contributed by atoms with Crippen molar-refractivity contribution in [2.24, 2.45) is 4.99 Å². The maximum Gasteiger partial charge on any atom is 0.320 e. The molecule has 1 aliphatic rings. The Bertz CT molecular complexity index is 300. The molecule has 1 rings (SSSR count). The van der Waals surface area contributed by atoms with Crippen LogP contribution in [0.25, 0.3) is 0 Å². The SMILES string of the molecule is CN=C(CC(=O)NC1CNCCOC1)NOC=O. The molecule has 1 heterocycles. The van der Waals surface area contributed by atoms with Crippen molar-refractivity contribution in [3.8, 4) is 0 Å². The minimum Gasteiger partial charge on any atom is -0.378 e. The van der Waals surface area contributed by atoms with Crippen molar-refractivity contribution in [1.29, 1.82) is 0 Å². The van der Waals surface area contributed by atoms with E-state index in [1.54, 1.807) is 0 Å². The van der Waals surface area contributed by atoms with Crippen molar-refractivity contribution >= 4 is 18.2 Å². The van der Waals surface area contributed by atoms with Gasteiger partial charge in [-0.25, -0.2) is 5.48 Å². The Morgan fingerprint density at radius 1 is 1.67 bits per heavy atom. The molecular weight excluding hydrogens is 240 g/mol. The highest BCUT2D eigenvalue weighted by atomic mass is 16.7. The summed E-state index contributed by atoms with van der Waals surface area (Å²) in [5, 5.41) is 5.96. The quantitative estimate of drug-likeness (QED) is 0.232. The number of hydrogen-bond donors (Lipinski definition) is 3. The lowest BCUT2D eigenvalue weighted by atomic mass is 10.3. The molecular formula is C10H18N4O4. The van der Waals surface area contributed by atoms with Crippen molar-refractivity contribution < 1.29 is 19.2 Å². The highest BCUT2D eigenvalue weighted by Gasteiger charge is 2.16. The van der Waals surface area contributed by atoms with E-state index in [0.29, 0.717) is 19.8 Å². The third kappa shape index (κ3) is 5.60. The number of amidine groups is 1. The van der Waals surface area contributed by atoms with E-state index in [9.17, 15) is 9.59 Å². The van der Waals surface area contributed by atoms with E-state index < -0.39 is 0 Å². The minimum absolute atomic E-state index is 0.0147. The molecule has 1 saturated heterocycles. The van der Waals surface area contributed by atoms with Crippen molar-refractivity contribution in [1.82, 2.24) is 16.1 Å². The molecule has 0 radical (unpaired) electrons. The van der Waals surface area contributed by atoms with Gasteiger partial charge in [-0.15, -0.1) is 0 Å². The first-order valence-electron chi connectivity index (χ1n) is 5.65. The largest absolute Gasteiger partial charge is 0.378 e. The van der Waals surface area contributed by atoms with Crippen molar-refractivity contribution in [2.45, 2.75) is 12.5 Å². The molecule has 0 saturated carbocycles. The fourth-order valence-corrected chi connectivity index (χ4v) is 1.48. The molecule has 8 nitrogen and oxygen atoms in total. The summed E-state index contributed by atoms with van der Waals surface area (Å²) < 4.78 is 5.31. The summed E-state index contributed by atoms with van der Waals surface area (Å²) in [6.07, 6.45) is 0.0147. The zero-order valence-corrected chi connectivity index (χ0v) is 10.3. The molecule has 0 spiro atoms. The monoisotopic (exact) mass is 258 g/mol. The smallest absolute Gasteiger partial charge is 0.320 e. The maximum absolute atomic E-state index is 11.7. The van der Waals surface area contributed by atoms with Gasteiger partial charge < -0.3 is 20.2 Å². The van der Waals surface area contributed by atoms with Crippen LogP contribution in [0.1, 0.15) is 6.42 Å². The average molecular weight is 258 g/mol. The van der Waals surface area contributed by atoms with E-state index in [2.05, 4.69) is 25.9 Å². The first-order chi connectivity index (χ1) is 8.76. The van der Waals surface area contributed by atoms with Gasteiger partial charge in [-0.2, -0.15) is 0 Å². The number of hydrogen-bond acceptors (Lipinski definition) is 6. The predicted octanol–water partition coefficient (Wildman–Crippen LogP) is -1.81. The minimum atomic E-state index is -0.213. The molecule has 1 fully saturated rings.